The van der Waals surface area contributed by atoms with E-state index in [0.29, 0.717) is 33.2 Å². The van der Waals surface area contributed by atoms with Crippen molar-refractivity contribution in [2.75, 3.05) is 11.1 Å². The van der Waals surface area contributed by atoms with Crippen molar-refractivity contribution in [3.8, 4) is 43.7 Å². The minimum Gasteiger partial charge on any atom is -0.391 e. The van der Waals surface area contributed by atoms with Gasteiger partial charge in [0.1, 0.15) is 46.0 Å². The average molecular weight is 863 g/mol. The van der Waals surface area contributed by atoms with Gasteiger partial charge < -0.3 is 11.1 Å². The normalized spacial score (nSPS) is 10.7. The second-order valence-corrected chi connectivity index (χ2v) is 14.9. The summed E-state index contributed by atoms with van der Waals surface area (Å²) in [6, 6.07) is 30.1. The Labute approximate surface area is 345 Å². The molecule has 3 N–H and O–H groups in total. The highest BCUT2D eigenvalue weighted by molar-refractivity contribution is 7.19. The van der Waals surface area contributed by atoms with Gasteiger partial charge in [-0.3, -0.25) is 19.0 Å². The molecule has 0 bridgehead atoms. The lowest BCUT2D eigenvalue weighted by Gasteiger charge is -2.04. The molecule has 4 heterocycles. The molecular weight excluding hydrogens is 834 g/mol. The van der Waals surface area contributed by atoms with E-state index in [1.807, 2.05) is 25.2 Å². The number of carbonyl (C=O) groups is 2. The van der Waals surface area contributed by atoms with Crippen LogP contribution in [0.15, 0.2) is 121 Å². The number of hydrogen-bond acceptors (Lipinski definition) is 7. The number of nitrogens with zero attached hydrogens (tertiary/aromatic N) is 4. The third kappa shape index (κ3) is 9.80. The Bertz CT molecular complexity index is 2760. The van der Waals surface area contributed by atoms with Crippen LogP contribution in [0.25, 0.3) is 43.7 Å². The van der Waals surface area contributed by atoms with Crippen molar-refractivity contribution in [3.05, 3.63) is 167 Å². The molecule has 0 saturated heterocycles. The SMILES string of the molecule is Cn1nc(-c2ccccc2F)cc1-c1ccc(N)s1.Cn1nc(-c2ccccc2F)cc1-c1ccc(NC(=O)c2c(F)cccc2F)s1.O=C(Cl)c1c(F)cccc1F. The van der Waals surface area contributed by atoms with E-state index < -0.39 is 45.5 Å². The number of hydrogen-bond donors (Lipinski definition) is 2. The van der Waals surface area contributed by atoms with Crippen LogP contribution in [0.1, 0.15) is 20.7 Å². The molecule has 1 amide bonds. The number of rotatable bonds is 7. The topological polar surface area (TPSA) is 108 Å². The van der Waals surface area contributed by atoms with Crippen LogP contribution in [0, 0.1) is 34.9 Å². The van der Waals surface area contributed by atoms with E-state index in [-0.39, 0.29) is 11.6 Å². The van der Waals surface area contributed by atoms with Crippen LogP contribution < -0.4 is 11.1 Å². The first-order valence-corrected chi connectivity index (χ1v) is 19.2. The molecule has 0 spiro atoms. The first-order valence-electron chi connectivity index (χ1n) is 17.1. The number of aromatic nitrogens is 4. The molecule has 8 rings (SSSR count). The van der Waals surface area contributed by atoms with E-state index in [2.05, 4.69) is 15.5 Å². The monoisotopic (exact) mass is 862 g/mol. The fraction of sp³-hybridized carbons (Fsp3) is 0.0476. The number of nitrogens with two attached hydrogens (primary N) is 1. The summed E-state index contributed by atoms with van der Waals surface area (Å²) in [6.45, 7) is 0. The second-order valence-electron chi connectivity index (χ2n) is 12.3. The highest BCUT2D eigenvalue weighted by Gasteiger charge is 2.20. The van der Waals surface area contributed by atoms with Gasteiger partial charge in [-0.1, -0.05) is 36.4 Å². The number of nitrogens with one attached hydrogen (secondary N) is 1. The quantitative estimate of drug-likeness (QED) is 0.123. The Morgan fingerprint density at radius 3 is 1.42 bits per heavy atom. The zero-order valence-corrected chi connectivity index (χ0v) is 33.1. The van der Waals surface area contributed by atoms with Gasteiger partial charge in [-0.05, 0) is 96.5 Å². The summed E-state index contributed by atoms with van der Waals surface area (Å²) < 4.78 is 83.8. The molecule has 0 aliphatic heterocycles. The predicted molar refractivity (Wildman–Crippen MR) is 219 cm³/mol. The van der Waals surface area contributed by atoms with Crippen LogP contribution >= 0.6 is 34.3 Å². The minimum atomic E-state index is -1.12. The van der Waals surface area contributed by atoms with Crippen LogP contribution in [0.4, 0.5) is 36.3 Å². The summed E-state index contributed by atoms with van der Waals surface area (Å²) in [7, 11) is 3.57. The molecule has 4 aromatic carbocycles. The summed E-state index contributed by atoms with van der Waals surface area (Å²) in [4.78, 5) is 24.4. The van der Waals surface area contributed by atoms with E-state index in [4.69, 9.17) is 17.3 Å². The van der Waals surface area contributed by atoms with Crippen LogP contribution in [0.3, 0.4) is 0 Å². The minimum absolute atomic E-state index is 0.266. The standard InChI is InChI=1S/C21H14F3N3OS.C14H12FN3S.C7H3ClF2O/c1-27-17(11-16(26-27)12-5-2-3-6-13(12)22)18-9-10-19(29-18)25-21(28)20-14(23)7-4-8-15(20)24;1-18-12(13-6-7-14(16)19-13)8-11(17-18)9-4-2-3-5-10(9)15;8-7(11)6-4(9)2-1-3-5(6)10/h2-11H,1H3,(H,25,28);2-8H,16H2,1H3;1-3H. The molecule has 0 fully saturated rings. The van der Waals surface area contributed by atoms with Gasteiger partial charge in [-0.2, -0.15) is 10.2 Å². The summed E-state index contributed by atoms with van der Waals surface area (Å²) >= 11 is 7.60. The third-order valence-corrected chi connectivity index (χ3v) is 10.5. The number of aryl methyl sites for hydroxylation is 2. The van der Waals surface area contributed by atoms with Gasteiger partial charge in [0.15, 0.2) is 0 Å². The van der Waals surface area contributed by atoms with Gasteiger partial charge >= 0.3 is 0 Å². The maximum absolute atomic E-state index is 14.0. The number of amides is 1. The molecule has 0 aliphatic carbocycles. The number of thiophene rings is 2. The zero-order chi connectivity index (χ0) is 42.4. The number of halogens is 7. The van der Waals surface area contributed by atoms with Crippen LogP contribution in [-0.2, 0) is 14.1 Å². The molecule has 0 saturated carbocycles. The smallest absolute Gasteiger partial charge is 0.262 e. The molecule has 59 heavy (non-hydrogen) atoms. The van der Waals surface area contributed by atoms with Gasteiger partial charge in [0.25, 0.3) is 11.1 Å². The van der Waals surface area contributed by atoms with E-state index in [9.17, 15) is 35.9 Å². The highest BCUT2D eigenvalue weighted by atomic mass is 35.5. The van der Waals surface area contributed by atoms with Crippen LogP contribution in [0.5, 0.6) is 0 Å². The lowest BCUT2D eigenvalue weighted by atomic mass is 10.1. The third-order valence-electron chi connectivity index (χ3n) is 8.38. The van der Waals surface area contributed by atoms with Gasteiger partial charge in [0, 0.05) is 25.2 Å². The van der Waals surface area contributed by atoms with Gasteiger partial charge in [0.05, 0.1) is 42.5 Å². The van der Waals surface area contributed by atoms with Crippen molar-refractivity contribution < 1.29 is 35.9 Å². The van der Waals surface area contributed by atoms with Crippen molar-refractivity contribution in [1.82, 2.24) is 19.6 Å². The van der Waals surface area contributed by atoms with Gasteiger partial charge in [0.2, 0.25) is 0 Å². The molecule has 0 unspecified atom stereocenters. The molecule has 0 aliphatic rings. The number of anilines is 2. The first-order chi connectivity index (χ1) is 28.2. The molecule has 300 valence electrons. The lowest BCUT2D eigenvalue weighted by Crippen LogP contribution is -2.14. The molecule has 8 aromatic rings. The fourth-order valence-electron chi connectivity index (χ4n) is 5.60. The number of benzene rings is 4. The Kier molecular flexibility index (Phi) is 13.1. The van der Waals surface area contributed by atoms with Crippen molar-refractivity contribution in [2.45, 2.75) is 0 Å². The van der Waals surface area contributed by atoms with Crippen molar-refractivity contribution >= 4 is 55.4 Å². The van der Waals surface area contributed by atoms with E-state index in [1.165, 1.54) is 40.9 Å². The average Bonchev–Trinajstić information content (AvgIpc) is 4.00. The zero-order valence-electron chi connectivity index (χ0n) is 30.7. The molecule has 17 heteroatoms. The second kappa shape index (κ2) is 18.4. The molecule has 4 aromatic heterocycles. The highest BCUT2D eigenvalue weighted by Crippen LogP contribution is 2.35. The number of nitrogen functional groups attached to an aromatic ring is 1. The Balaban J connectivity index is 0.000000166. The summed E-state index contributed by atoms with van der Waals surface area (Å²) in [6.07, 6.45) is 0. The molecule has 0 radical (unpaired) electrons. The van der Waals surface area contributed by atoms with Gasteiger partial charge in [-0.25, -0.2) is 26.3 Å². The summed E-state index contributed by atoms with van der Waals surface area (Å²) in [5, 5.41) is 11.3. The van der Waals surface area contributed by atoms with Crippen molar-refractivity contribution in [3.63, 3.8) is 0 Å². The Morgan fingerprint density at radius 2 is 1.00 bits per heavy atom. The summed E-state index contributed by atoms with van der Waals surface area (Å²) in [5.74, 6) is -5.25. The van der Waals surface area contributed by atoms with E-state index in [0.717, 1.165) is 50.8 Å². The van der Waals surface area contributed by atoms with Crippen LogP contribution in [-0.4, -0.2) is 30.7 Å². The molecular formula is C42H29ClF6N6O2S2. The van der Waals surface area contributed by atoms with E-state index >= 15 is 0 Å². The van der Waals surface area contributed by atoms with Crippen molar-refractivity contribution in [2.24, 2.45) is 14.1 Å². The Morgan fingerprint density at radius 1 is 0.576 bits per heavy atom. The van der Waals surface area contributed by atoms with E-state index in [1.54, 1.807) is 71.0 Å². The maximum Gasteiger partial charge on any atom is 0.262 e. The Hall–Kier alpha value is -6.49. The van der Waals surface area contributed by atoms with Crippen molar-refractivity contribution in [1.29, 1.82) is 0 Å². The molecule has 0 atom stereocenters. The predicted octanol–water partition coefficient (Wildman–Crippen LogP) is 11.4. The fourth-order valence-corrected chi connectivity index (χ4v) is 7.56. The molecule has 8 nitrogen and oxygen atoms in total. The van der Waals surface area contributed by atoms with Gasteiger partial charge in [-0.15, -0.1) is 22.7 Å². The summed E-state index contributed by atoms with van der Waals surface area (Å²) in [5.41, 5.74) is 8.05. The number of carbonyl (C=O) groups excluding carboxylic acids is 2. The first kappa shape index (κ1) is 42.1. The largest absolute Gasteiger partial charge is 0.391 e. The maximum atomic E-state index is 14.0. The van der Waals surface area contributed by atoms with Crippen LogP contribution in [0.2, 0.25) is 0 Å². The lowest BCUT2D eigenvalue weighted by molar-refractivity contribution is 0.101.